The molecule has 9 heteroatoms. The lowest BCUT2D eigenvalue weighted by Gasteiger charge is -2.27. The highest BCUT2D eigenvalue weighted by Gasteiger charge is 2.26. The molecular weight excluding hydrogens is 340 g/mol. The Hall–Kier alpha value is -3.10. The van der Waals surface area contributed by atoms with Gasteiger partial charge in [0.05, 0.1) is 0 Å². The topological polar surface area (TPSA) is 119 Å². The van der Waals surface area contributed by atoms with Crippen LogP contribution in [0, 0.1) is 0 Å². The number of carboxylic acids is 1. The fraction of sp³-hybridized carbons (Fsp3) is 0.412. The lowest BCUT2D eigenvalue weighted by atomic mass is 10.1. The summed E-state index contributed by atoms with van der Waals surface area (Å²) in [6, 6.07) is 4.81. The Bertz CT molecular complexity index is 689. The van der Waals surface area contributed by atoms with Gasteiger partial charge in [-0.05, 0) is 25.1 Å². The molecule has 0 saturated heterocycles. The molecule has 1 rings (SSSR count). The lowest BCUT2D eigenvalue weighted by molar-refractivity contribution is -0.141. The van der Waals surface area contributed by atoms with Crippen LogP contribution in [0.5, 0.6) is 0 Å². The molecule has 142 valence electrons. The first-order valence-electron chi connectivity index (χ1n) is 8.00. The van der Waals surface area contributed by atoms with Crippen molar-refractivity contribution in [3.63, 3.8) is 0 Å². The third-order valence-electron chi connectivity index (χ3n) is 3.58. The van der Waals surface area contributed by atoms with Crippen LogP contribution in [0.1, 0.15) is 24.2 Å². The molecule has 0 radical (unpaired) electrons. The number of anilines is 1. The van der Waals surface area contributed by atoms with Gasteiger partial charge in [-0.2, -0.15) is 0 Å². The average molecular weight is 364 g/mol. The molecule has 0 spiro atoms. The van der Waals surface area contributed by atoms with Gasteiger partial charge in [0.1, 0.15) is 6.04 Å². The molecule has 0 bridgehead atoms. The first-order chi connectivity index (χ1) is 12.1. The summed E-state index contributed by atoms with van der Waals surface area (Å²) < 4.78 is 0. The maximum atomic E-state index is 12.8. The number of aliphatic carboxylic acids is 1. The van der Waals surface area contributed by atoms with E-state index in [1.807, 2.05) is 0 Å². The number of nitrogens with zero attached hydrogens (tertiary/aromatic N) is 2. The minimum Gasteiger partial charge on any atom is -0.480 e. The number of benzene rings is 1. The third kappa shape index (κ3) is 6.08. The predicted molar refractivity (Wildman–Crippen MR) is 96.0 cm³/mol. The van der Waals surface area contributed by atoms with Crippen LogP contribution in [-0.4, -0.2) is 71.9 Å². The molecule has 0 saturated carbocycles. The van der Waals surface area contributed by atoms with E-state index in [0.717, 1.165) is 4.90 Å². The number of carbonyl (C=O) groups excluding carboxylic acids is 3. The van der Waals surface area contributed by atoms with Crippen molar-refractivity contribution in [1.82, 2.24) is 15.1 Å². The van der Waals surface area contributed by atoms with E-state index < -0.39 is 17.9 Å². The molecule has 26 heavy (non-hydrogen) atoms. The van der Waals surface area contributed by atoms with Crippen LogP contribution < -0.4 is 10.6 Å². The molecule has 9 nitrogen and oxygen atoms in total. The molecule has 0 aromatic heterocycles. The summed E-state index contributed by atoms with van der Waals surface area (Å²) in [5.41, 5.74) is 0.650. The summed E-state index contributed by atoms with van der Waals surface area (Å²) in [6.45, 7) is 2.91. The molecule has 3 N–H and O–H groups in total. The van der Waals surface area contributed by atoms with Crippen LogP contribution in [0.4, 0.5) is 10.5 Å². The Balaban J connectivity index is 3.00. The standard InChI is InChI=1S/C17H24N4O5/c1-11(16(24)25)21(9-8-18-12(2)22)15(23)13-6-5-7-14(10-13)19-17(26)20(3)4/h5-7,10-11H,8-9H2,1-4H3,(H,18,22)(H,19,26)(H,24,25). The van der Waals surface area contributed by atoms with Crippen LogP contribution in [0.15, 0.2) is 24.3 Å². The quantitative estimate of drug-likeness (QED) is 0.662. The largest absolute Gasteiger partial charge is 0.480 e. The number of amides is 4. The Morgan fingerprint density at radius 2 is 1.85 bits per heavy atom. The number of carboxylic acid groups (broad SMARTS) is 1. The molecule has 1 aromatic carbocycles. The normalized spacial score (nSPS) is 11.2. The smallest absolute Gasteiger partial charge is 0.326 e. The van der Waals surface area contributed by atoms with Crippen LogP contribution >= 0.6 is 0 Å². The second kappa shape index (κ2) is 9.40. The highest BCUT2D eigenvalue weighted by atomic mass is 16.4. The van der Waals surface area contributed by atoms with Crippen molar-refractivity contribution < 1.29 is 24.3 Å². The first-order valence-corrected chi connectivity index (χ1v) is 8.00. The maximum Gasteiger partial charge on any atom is 0.326 e. The minimum atomic E-state index is -1.15. The van der Waals surface area contributed by atoms with E-state index in [-0.39, 0.29) is 30.6 Å². The zero-order valence-corrected chi connectivity index (χ0v) is 15.3. The Morgan fingerprint density at radius 1 is 1.19 bits per heavy atom. The monoisotopic (exact) mass is 364 g/mol. The average Bonchev–Trinajstić information content (AvgIpc) is 2.57. The SMILES string of the molecule is CC(=O)NCCN(C(=O)c1cccc(NC(=O)N(C)C)c1)C(C)C(=O)O. The Kier molecular flexibility index (Phi) is 7.57. The van der Waals surface area contributed by atoms with Gasteiger partial charge in [0, 0.05) is 45.4 Å². The first kappa shape index (κ1) is 20.9. The number of rotatable bonds is 7. The van der Waals surface area contributed by atoms with E-state index in [9.17, 15) is 24.3 Å². The third-order valence-corrected chi connectivity index (χ3v) is 3.58. The number of urea groups is 1. The van der Waals surface area contributed by atoms with Crippen molar-refractivity contribution in [2.24, 2.45) is 0 Å². The molecule has 0 aliphatic carbocycles. The number of nitrogens with one attached hydrogen (secondary N) is 2. The molecule has 0 aliphatic rings. The molecule has 0 aliphatic heterocycles. The van der Waals surface area contributed by atoms with Gasteiger partial charge in [-0.1, -0.05) is 6.07 Å². The molecular formula is C17H24N4O5. The van der Waals surface area contributed by atoms with Crippen LogP contribution in [0.3, 0.4) is 0 Å². The number of hydrogen-bond acceptors (Lipinski definition) is 4. The van der Waals surface area contributed by atoms with E-state index in [0.29, 0.717) is 5.69 Å². The van der Waals surface area contributed by atoms with Crippen molar-refractivity contribution in [1.29, 1.82) is 0 Å². The number of hydrogen-bond donors (Lipinski definition) is 3. The van der Waals surface area contributed by atoms with E-state index in [1.54, 1.807) is 26.2 Å². The lowest BCUT2D eigenvalue weighted by Crippen LogP contribution is -2.46. The van der Waals surface area contributed by atoms with Crippen molar-refractivity contribution >= 4 is 29.5 Å². The molecule has 1 atom stereocenters. The fourth-order valence-electron chi connectivity index (χ4n) is 2.09. The van der Waals surface area contributed by atoms with Gasteiger partial charge in [-0.3, -0.25) is 9.59 Å². The summed E-state index contributed by atoms with van der Waals surface area (Å²) in [5.74, 6) is -1.93. The van der Waals surface area contributed by atoms with Crippen LogP contribution in [0.2, 0.25) is 0 Å². The second-order valence-electron chi connectivity index (χ2n) is 5.90. The molecule has 4 amide bonds. The van der Waals surface area contributed by atoms with Crippen molar-refractivity contribution in [3.05, 3.63) is 29.8 Å². The summed E-state index contributed by atoms with van der Waals surface area (Å²) in [6.07, 6.45) is 0. The van der Waals surface area contributed by atoms with Gasteiger partial charge < -0.3 is 25.5 Å². The van der Waals surface area contributed by atoms with Gasteiger partial charge in [0.15, 0.2) is 0 Å². The second-order valence-corrected chi connectivity index (χ2v) is 5.90. The Labute approximate surface area is 152 Å². The van der Waals surface area contributed by atoms with E-state index >= 15 is 0 Å². The van der Waals surface area contributed by atoms with Crippen LogP contribution in [0.25, 0.3) is 0 Å². The van der Waals surface area contributed by atoms with Crippen molar-refractivity contribution in [3.8, 4) is 0 Å². The van der Waals surface area contributed by atoms with Gasteiger partial charge >= 0.3 is 12.0 Å². The number of carbonyl (C=O) groups is 4. The highest BCUT2D eigenvalue weighted by molar-refractivity contribution is 5.98. The Morgan fingerprint density at radius 3 is 2.38 bits per heavy atom. The summed E-state index contributed by atoms with van der Waals surface area (Å²) >= 11 is 0. The fourth-order valence-corrected chi connectivity index (χ4v) is 2.09. The van der Waals surface area contributed by atoms with Crippen LogP contribution in [-0.2, 0) is 9.59 Å². The van der Waals surface area contributed by atoms with Crippen molar-refractivity contribution in [2.45, 2.75) is 19.9 Å². The van der Waals surface area contributed by atoms with E-state index in [2.05, 4.69) is 10.6 Å². The molecule has 1 unspecified atom stereocenters. The molecule has 0 heterocycles. The van der Waals surface area contributed by atoms with E-state index in [4.69, 9.17) is 0 Å². The van der Waals surface area contributed by atoms with Gasteiger partial charge in [-0.25, -0.2) is 9.59 Å². The predicted octanol–water partition coefficient (Wildman–Crippen LogP) is 0.831. The van der Waals surface area contributed by atoms with Gasteiger partial charge in [0.2, 0.25) is 5.91 Å². The summed E-state index contributed by atoms with van der Waals surface area (Å²) in [4.78, 5) is 49.3. The maximum absolute atomic E-state index is 12.8. The zero-order valence-electron chi connectivity index (χ0n) is 15.3. The minimum absolute atomic E-state index is 0.0418. The van der Waals surface area contributed by atoms with Crippen molar-refractivity contribution in [2.75, 3.05) is 32.5 Å². The highest BCUT2D eigenvalue weighted by Crippen LogP contribution is 2.15. The molecule has 0 fully saturated rings. The molecule has 1 aromatic rings. The van der Waals surface area contributed by atoms with Gasteiger partial charge in [-0.15, -0.1) is 0 Å². The summed E-state index contributed by atoms with van der Waals surface area (Å²) in [7, 11) is 3.17. The van der Waals surface area contributed by atoms with E-state index in [1.165, 1.54) is 30.9 Å². The van der Waals surface area contributed by atoms with Gasteiger partial charge in [0.25, 0.3) is 5.91 Å². The zero-order chi connectivity index (χ0) is 19.9. The summed E-state index contributed by atoms with van der Waals surface area (Å²) in [5, 5.41) is 14.4.